The first-order chi connectivity index (χ1) is 17.8. The third kappa shape index (κ3) is 5.19. The van der Waals surface area contributed by atoms with Crippen LogP contribution in [0.15, 0.2) is 53.5 Å². The minimum absolute atomic E-state index is 0.241. The van der Waals surface area contributed by atoms with E-state index in [1.54, 1.807) is 43.8 Å². The second-order valence-electron chi connectivity index (χ2n) is 9.51. The summed E-state index contributed by atoms with van der Waals surface area (Å²) in [6.07, 6.45) is 1.53. The number of hydrogen-bond acceptors (Lipinski definition) is 9. The maximum absolute atomic E-state index is 13.3. The lowest BCUT2D eigenvalue weighted by Crippen LogP contribution is -2.43. The summed E-state index contributed by atoms with van der Waals surface area (Å²) in [7, 11) is 1.58. The van der Waals surface area contributed by atoms with Crippen molar-refractivity contribution in [2.45, 2.75) is 26.0 Å². The molecule has 1 fully saturated rings. The number of aromatic nitrogens is 5. The fourth-order valence-electron chi connectivity index (χ4n) is 4.39. The van der Waals surface area contributed by atoms with E-state index in [4.69, 9.17) is 9.72 Å². The number of ether oxygens (including phenoxy) is 1. The number of fused-ring (bicyclic) bond motifs is 1. The Hall–Kier alpha value is -3.80. The number of rotatable bonds is 8. The lowest BCUT2D eigenvalue weighted by atomic mass is 10.1. The number of anilines is 3. The molecule has 4 aromatic rings. The van der Waals surface area contributed by atoms with Crippen LogP contribution in [0.4, 0.5) is 17.3 Å². The van der Waals surface area contributed by atoms with E-state index in [0.29, 0.717) is 41.6 Å². The monoisotopic (exact) mass is 504 g/mol. The van der Waals surface area contributed by atoms with E-state index in [1.807, 2.05) is 12.1 Å². The Bertz CT molecular complexity index is 1430. The van der Waals surface area contributed by atoms with Gasteiger partial charge < -0.3 is 25.4 Å². The van der Waals surface area contributed by atoms with Crippen LogP contribution in [0, 0.1) is 0 Å². The Morgan fingerprint density at radius 1 is 1.11 bits per heavy atom. The Labute approximate surface area is 214 Å². The highest BCUT2D eigenvalue weighted by atomic mass is 16.5. The van der Waals surface area contributed by atoms with Crippen molar-refractivity contribution in [2.75, 3.05) is 50.1 Å². The zero-order valence-corrected chi connectivity index (χ0v) is 21.3. The van der Waals surface area contributed by atoms with Crippen molar-refractivity contribution in [1.29, 1.82) is 0 Å². The maximum atomic E-state index is 13.3. The van der Waals surface area contributed by atoms with Crippen LogP contribution in [0.5, 0.6) is 0 Å². The van der Waals surface area contributed by atoms with Gasteiger partial charge in [-0.05, 0) is 50.2 Å². The van der Waals surface area contributed by atoms with Crippen molar-refractivity contribution in [2.24, 2.45) is 0 Å². The number of aliphatic hydroxyl groups is 1. The number of piperazine rings is 1. The van der Waals surface area contributed by atoms with Crippen molar-refractivity contribution in [3.63, 3.8) is 0 Å². The molecule has 11 nitrogen and oxygen atoms in total. The maximum Gasteiger partial charge on any atom is 0.278 e. The van der Waals surface area contributed by atoms with Gasteiger partial charge in [-0.2, -0.15) is 4.98 Å². The molecule has 0 atom stereocenters. The zero-order chi connectivity index (χ0) is 26.0. The molecule has 0 aliphatic carbocycles. The molecule has 11 heteroatoms. The van der Waals surface area contributed by atoms with Gasteiger partial charge in [-0.1, -0.05) is 6.07 Å². The SMILES string of the molecule is COCCn1c(=O)c2cnc(Nc3ccc(N4CCNCC4)cc3)nc2n1-c1cccc(C(C)(C)O)n1. The summed E-state index contributed by atoms with van der Waals surface area (Å²) in [5.41, 5.74) is 1.52. The molecule has 194 valence electrons. The second-order valence-corrected chi connectivity index (χ2v) is 9.51. The van der Waals surface area contributed by atoms with Gasteiger partial charge in [0.25, 0.3) is 5.56 Å². The van der Waals surface area contributed by atoms with E-state index >= 15 is 0 Å². The van der Waals surface area contributed by atoms with Gasteiger partial charge in [-0.25, -0.2) is 19.3 Å². The molecule has 1 aromatic carbocycles. The molecular formula is C26H32N8O3. The summed E-state index contributed by atoms with van der Waals surface area (Å²) in [4.78, 5) is 29.4. The van der Waals surface area contributed by atoms with Crippen LogP contribution in [0.25, 0.3) is 16.9 Å². The first-order valence-corrected chi connectivity index (χ1v) is 12.4. The zero-order valence-electron chi connectivity index (χ0n) is 21.3. The Balaban J connectivity index is 1.52. The molecule has 0 amide bonds. The van der Waals surface area contributed by atoms with Gasteiger partial charge in [0.05, 0.1) is 18.8 Å². The van der Waals surface area contributed by atoms with Crippen LogP contribution in [0.1, 0.15) is 19.5 Å². The van der Waals surface area contributed by atoms with Gasteiger partial charge in [-0.3, -0.25) is 4.79 Å². The smallest absolute Gasteiger partial charge is 0.278 e. The third-order valence-electron chi connectivity index (χ3n) is 6.37. The summed E-state index contributed by atoms with van der Waals surface area (Å²) < 4.78 is 8.43. The van der Waals surface area contributed by atoms with Gasteiger partial charge in [-0.15, -0.1) is 0 Å². The lowest BCUT2D eigenvalue weighted by molar-refractivity contribution is 0.0737. The molecule has 3 N–H and O–H groups in total. The molecule has 0 bridgehead atoms. The normalized spacial score (nSPS) is 14.3. The van der Waals surface area contributed by atoms with Gasteiger partial charge in [0.15, 0.2) is 11.5 Å². The molecule has 37 heavy (non-hydrogen) atoms. The molecule has 1 aliphatic heterocycles. The quantitative estimate of drug-likeness (QED) is 0.331. The molecule has 1 saturated heterocycles. The van der Waals surface area contributed by atoms with Crippen molar-refractivity contribution >= 4 is 28.4 Å². The molecule has 0 spiro atoms. The highest BCUT2D eigenvalue weighted by Gasteiger charge is 2.22. The van der Waals surface area contributed by atoms with E-state index in [2.05, 4.69) is 37.6 Å². The number of benzene rings is 1. The van der Waals surface area contributed by atoms with Crippen molar-refractivity contribution < 1.29 is 9.84 Å². The number of hydrogen-bond donors (Lipinski definition) is 3. The number of nitrogens with one attached hydrogen (secondary N) is 2. The highest BCUT2D eigenvalue weighted by Crippen LogP contribution is 2.23. The van der Waals surface area contributed by atoms with Crippen LogP contribution in [-0.2, 0) is 16.9 Å². The second kappa shape index (κ2) is 10.3. The molecule has 5 rings (SSSR count). The molecule has 4 heterocycles. The van der Waals surface area contributed by atoms with E-state index in [1.165, 1.54) is 16.6 Å². The summed E-state index contributed by atoms with van der Waals surface area (Å²) in [6, 6.07) is 13.5. The largest absolute Gasteiger partial charge is 0.384 e. The van der Waals surface area contributed by atoms with Gasteiger partial charge in [0.2, 0.25) is 5.95 Å². The molecule has 3 aromatic heterocycles. The molecule has 0 unspecified atom stereocenters. The van der Waals surface area contributed by atoms with Crippen molar-refractivity contribution in [1.82, 2.24) is 29.6 Å². The average molecular weight is 505 g/mol. The lowest BCUT2D eigenvalue weighted by Gasteiger charge is -2.29. The van der Waals surface area contributed by atoms with E-state index in [0.717, 1.165) is 31.9 Å². The van der Waals surface area contributed by atoms with E-state index in [-0.39, 0.29) is 5.56 Å². The fourth-order valence-corrected chi connectivity index (χ4v) is 4.39. The van der Waals surface area contributed by atoms with Crippen molar-refractivity contribution in [3.05, 3.63) is 64.7 Å². The minimum Gasteiger partial charge on any atom is -0.384 e. The number of nitrogens with zero attached hydrogens (tertiary/aromatic N) is 6. The number of pyridine rings is 1. The molecular weight excluding hydrogens is 472 g/mol. The predicted octanol–water partition coefficient (Wildman–Crippen LogP) is 2.00. The van der Waals surface area contributed by atoms with Crippen LogP contribution < -0.4 is 21.1 Å². The van der Waals surface area contributed by atoms with Gasteiger partial charge >= 0.3 is 0 Å². The standard InChI is InChI=1S/C26H32N8O3/c1-26(2,36)21-5-4-6-22(30-21)34-23-20(24(35)33(34)15-16-37-3)17-28-25(31-23)29-18-7-9-19(10-8-18)32-13-11-27-12-14-32/h4-10,17,27,36H,11-16H2,1-3H3,(H,28,29,31). The van der Waals surface area contributed by atoms with E-state index < -0.39 is 5.60 Å². The van der Waals surface area contributed by atoms with Gasteiger partial charge in [0, 0.05) is 50.9 Å². The average Bonchev–Trinajstić information content (AvgIpc) is 3.18. The first kappa shape index (κ1) is 24.9. The summed E-state index contributed by atoms with van der Waals surface area (Å²) in [5, 5.41) is 17.5. The Kier molecular flexibility index (Phi) is 6.92. The Morgan fingerprint density at radius 3 is 2.57 bits per heavy atom. The summed E-state index contributed by atoms with van der Waals surface area (Å²) in [6.45, 7) is 7.89. The summed E-state index contributed by atoms with van der Waals surface area (Å²) >= 11 is 0. The topological polar surface area (TPSA) is 122 Å². The molecule has 0 saturated carbocycles. The Morgan fingerprint density at radius 2 is 1.86 bits per heavy atom. The van der Waals surface area contributed by atoms with Crippen LogP contribution in [-0.4, -0.2) is 69.3 Å². The molecule has 0 radical (unpaired) electrons. The minimum atomic E-state index is -1.14. The number of methoxy groups -OCH3 is 1. The van der Waals surface area contributed by atoms with E-state index in [9.17, 15) is 9.90 Å². The predicted molar refractivity (Wildman–Crippen MR) is 143 cm³/mol. The first-order valence-electron chi connectivity index (χ1n) is 12.4. The van der Waals surface area contributed by atoms with Crippen LogP contribution in [0.2, 0.25) is 0 Å². The van der Waals surface area contributed by atoms with Gasteiger partial charge in [0.1, 0.15) is 11.0 Å². The fraction of sp³-hybridized carbons (Fsp3) is 0.385. The highest BCUT2D eigenvalue weighted by molar-refractivity contribution is 5.77. The third-order valence-corrected chi connectivity index (χ3v) is 6.37. The van der Waals surface area contributed by atoms with Crippen LogP contribution >= 0.6 is 0 Å². The van der Waals surface area contributed by atoms with Crippen LogP contribution in [0.3, 0.4) is 0 Å². The summed E-state index contributed by atoms with van der Waals surface area (Å²) in [5.74, 6) is 0.826. The molecule has 1 aliphatic rings. The van der Waals surface area contributed by atoms with Crippen molar-refractivity contribution in [3.8, 4) is 5.82 Å².